The second kappa shape index (κ2) is 9.72. The number of halogens is 3. The standard InChI is InChI=1S/C25H28F3NO5S/c1-2-17-14-16(6-9-21(17)18-10-12-29(13-11-18)24(30)31)15-20-8-7-19-4-3-5-22(23(19)20)34-35(32,33)25(26,27)28/h3-6,9,14,18,20H,2,7-8,10-13,15H2,1H3,(H,30,31)/t20-/m0/s1. The normalized spacial score (nSPS) is 19.0. The lowest BCUT2D eigenvalue weighted by atomic mass is 9.84. The SMILES string of the molecule is CCc1cc(C[C@@H]2CCc3cccc(OS(=O)(=O)C(F)(F)F)c32)ccc1C1CCN(C(=O)O)CC1. The lowest BCUT2D eigenvalue weighted by molar-refractivity contribution is -0.0500. The summed E-state index contributed by atoms with van der Waals surface area (Å²) < 4.78 is 66.5. The summed E-state index contributed by atoms with van der Waals surface area (Å²) >= 11 is 0. The maximum absolute atomic E-state index is 12.9. The number of hydrogen-bond donors (Lipinski definition) is 1. The van der Waals surface area contributed by atoms with E-state index in [1.54, 1.807) is 6.07 Å². The number of benzene rings is 2. The molecule has 0 bridgehead atoms. The molecule has 35 heavy (non-hydrogen) atoms. The van der Waals surface area contributed by atoms with E-state index in [0.717, 1.165) is 30.4 Å². The molecule has 2 aromatic carbocycles. The van der Waals surface area contributed by atoms with Gasteiger partial charge in [-0.15, -0.1) is 0 Å². The Labute approximate surface area is 202 Å². The van der Waals surface area contributed by atoms with E-state index >= 15 is 0 Å². The number of nitrogens with zero attached hydrogens (tertiary/aromatic N) is 1. The molecule has 1 saturated heterocycles. The minimum atomic E-state index is -5.75. The van der Waals surface area contributed by atoms with Crippen molar-refractivity contribution in [3.05, 3.63) is 64.2 Å². The Morgan fingerprint density at radius 2 is 1.86 bits per heavy atom. The monoisotopic (exact) mass is 511 g/mol. The number of amides is 1. The minimum Gasteiger partial charge on any atom is -0.465 e. The fraction of sp³-hybridized carbons (Fsp3) is 0.480. The highest BCUT2D eigenvalue weighted by molar-refractivity contribution is 7.88. The zero-order chi connectivity index (χ0) is 25.4. The molecular formula is C25H28F3NO5S. The third kappa shape index (κ3) is 5.27. The van der Waals surface area contributed by atoms with Crippen LogP contribution < -0.4 is 4.18 Å². The molecule has 0 aromatic heterocycles. The van der Waals surface area contributed by atoms with Crippen molar-refractivity contribution in [3.8, 4) is 5.75 Å². The van der Waals surface area contributed by atoms with Crippen LogP contribution in [0.2, 0.25) is 0 Å². The first kappa shape index (κ1) is 25.3. The first-order valence-corrected chi connectivity index (χ1v) is 13.1. The van der Waals surface area contributed by atoms with E-state index in [-0.39, 0.29) is 17.6 Å². The van der Waals surface area contributed by atoms with Crippen LogP contribution in [0, 0.1) is 0 Å². The fourth-order valence-electron chi connectivity index (χ4n) is 5.34. The number of rotatable bonds is 6. The number of fused-ring (bicyclic) bond motifs is 1. The van der Waals surface area contributed by atoms with Crippen LogP contribution in [0.25, 0.3) is 0 Å². The number of hydrogen-bond acceptors (Lipinski definition) is 4. The van der Waals surface area contributed by atoms with Crippen LogP contribution in [0.3, 0.4) is 0 Å². The molecule has 2 aromatic rings. The van der Waals surface area contributed by atoms with Gasteiger partial charge in [-0.3, -0.25) is 0 Å². The van der Waals surface area contributed by atoms with Gasteiger partial charge in [-0.2, -0.15) is 21.6 Å². The van der Waals surface area contributed by atoms with Crippen molar-refractivity contribution < 1.29 is 35.7 Å². The predicted octanol–water partition coefficient (Wildman–Crippen LogP) is 5.61. The molecule has 4 rings (SSSR count). The molecule has 0 spiro atoms. The Morgan fingerprint density at radius 1 is 1.14 bits per heavy atom. The zero-order valence-electron chi connectivity index (χ0n) is 19.3. The van der Waals surface area contributed by atoms with Crippen molar-refractivity contribution in [3.63, 3.8) is 0 Å². The first-order valence-electron chi connectivity index (χ1n) is 11.7. The molecule has 0 saturated carbocycles. The van der Waals surface area contributed by atoms with Crippen molar-refractivity contribution >= 4 is 16.2 Å². The average Bonchev–Trinajstić information content (AvgIpc) is 3.22. The molecule has 1 N–H and O–H groups in total. The Hall–Kier alpha value is -2.75. The van der Waals surface area contributed by atoms with Gasteiger partial charge in [0.05, 0.1) is 0 Å². The van der Waals surface area contributed by atoms with Crippen molar-refractivity contribution in [1.82, 2.24) is 4.90 Å². The molecule has 1 aliphatic carbocycles. The molecule has 190 valence electrons. The molecular weight excluding hydrogens is 483 g/mol. The van der Waals surface area contributed by atoms with Gasteiger partial charge in [-0.1, -0.05) is 37.3 Å². The topological polar surface area (TPSA) is 83.9 Å². The maximum Gasteiger partial charge on any atom is 0.534 e. The van der Waals surface area contributed by atoms with Crippen LogP contribution >= 0.6 is 0 Å². The summed E-state index contributed by atoms with van der Waals surface area (Å²) in [4.78, 5) is 12.6. The summed E-state index contributed by atoms with van der Waals surface area (Å²) in [5.74, 6) is -0.117. The molecule has 6 nitrogen and oxygen atoms in total. The quantitative estimate of drug-likeness (QED) is 0.403. The van der Waals surface area contributed by atoms with E-state index in [0.29, 0.717) is 37.9 Å². The second-order valence-corrected chi connectivity index (χ2v) is 10.7. The molecule has 1 atom stereocenters. The summed E-state index contributed by atoms with van der Waals surface area (Å²) in [7, 11) is -5.75. The van der Waals surface area contributed by atoms with E-state index in [2.05, 4.69) is 23.2 Å². The third-order valence-electron chi connectivity index (χ3n) is 7.09. The van der Waals surface area contributed by atoms with Crippen LogP contribution in [0.4, 0.5) is 18.0 Å². The number of piperidine rings is 1. The van der Waals surface area contributed by atoms with Crippen molar-refractivity contribution in [1.29, 1.82) is 0 Å². The van der Waals surface area contributed by atoms with E-state index in [1.807, 2.05) is 6.07 Å². The highest BCUT2D eigenvalue weighted by atomic mass is 32.2. The lowest BCUT2D eigenvalue weighted by Crippen LogP contribution is -2.37. The number of aryl methyl sites for hydroxylation is 2. The smallest absolute Gasteiger partial charge is 0.465 e. The molecule has 1 aliphatic heterocycles. The lowest BCUT2D eigenvalue weighted by Gasteiger charge is -2.31. The van der Waals surface area contributed by atoms with Crippen molar-refractivity contribution in [2.45, 2.75) is 62.8 Å². The van der Waals surface area contributed by atoms with E-state index in [1.165, 1.54) is 28.2 Å². The number of carboxylic acid groups (broad SMARTS) is 1. The number of alkyl halides is 3. The van der Waals surface area contributed by atoms with Gasteiger partial charge in [0.2, 0.25) is 0 Å². The van der Waals surface area contributed by atoms with E-state index < -0.39 is 21.7 Å². The predicted molar refractivity (Wildman–Crippen MR) is 124 cm³/mol. The van der Waals surface area contributed by atoms with Crippen LogP contribution in [-0.4, -0.2) is 43.1 Å². The fourth-order valence-corrected chi connectivity index (χ4v) is 5.82. The molecule has 0 unspecified atom stereocenters. The van der Waals surface area contributed by atoms with Gasteiger partial charge in [0.1, 0.15) is 5.75 Å². The van der Waals surface area contributed by atoms with Crippen LogP contribution in [-0.2, 0) is 29.4 Å². The Morgan fingerprint density at radius 3 is 2.49 bits per heavy atom. The number of likely N-dealkylation sites (tertiary alicyclic amines) is 1. The van der Waals surface area contributed by atoms with Gasteiger partial charge in [0, 0.05) is 18.7 Å². The average molecular weight is 512 g/mol. The van der Waals surface area contributed by atoms with Gasteiger partial charge in [0.25, 0.3) is 0 Å². The zero-order valence-corrected chi connectivity index (χ0v) is 20.2. The van der Waals surface area contributed by atoms with Crippen LogP contribution in [0.5, 0.6) is 5.75 Å². The van der Waals surface area contributed by atoms with Crippen molar-refractivity contribution in [2.75, 3.05) is 13.1 Å². The highest BCUT2D eigenvalue weighted by Gasteiger charge is 2.49. The molecule has 10 heteroatoms. The van der Waals surface area contributed by atoms with Crippen LogP contribution in [0.15, 0.2) is 36.4 Å². The molecule has 2 aliphatic rings. The third-order valence-corrected chi connectivity index (χ3v) is 8.05. The Bertz CT molecular complexity index is 1200. The van der Waals surface area contributed by atoms with Gasteiger partial charge in [-0.05, 0) is 78.7 Å². The molecule has 1 fully saturated rings. The summed E-state index contributed by atoms with van der Waals surface area (Å²) in [5.41, 5.74) is -0.728. The molecule has 1 amide bonds. The summed E-state index contributed by atoms with van der Waals surface area (Å²) in [5, 5.41) is 9.19. The van der Waals surface area contributed by atoms with Gasteiger partial charge in [-0.25, -0.2) is 4.79 Å². The highest BCUT2D eigenvalue weighted by Crippen LogP contribution is 2.43. The summed E-state index contributed by atoms with van der Waals surface area (Å²) in [6, 6.07) is 10.8. The van der Waals surface area contributed by atoms with Crippen LogP contribution in [0.1, 0.15) is 65.8 Å². The van der Waals surface area contributed by atoms with Gasteiger partial charge in [0.15, 0.2) is 0 Å². The largest absolute Gasteiger partial charge is 0.534 e. The maximum atomic E-state index is 12.9. The van der Waals surface area contributed by atoms with E-state index in [4.69, 9.17) is 0 Å². The van der Waals surface area contributed by atoms with Gasteiger partial charge >= 0.3 is 21.7 Å². The Balaban J connectivity index is 1.54. The second-order valence-electron chi connectivity index (χ2n) is 9.18. The molecule has 1 heterocycles. The molecule has 0 radical (unpaired) electrons. The summed E-state index contributed by atoms with van der Waals surface area (Å²) in [6.07, 6.45) is 3.35. The number of carbonyl (C=O) groups is 1. The minimum absolute atomic E-state index is 0.154. The van der Waals surface area contributed by atoms with Crippen molar-refractivity contribution in [2.24, 2.45) is 0 Å². The van der Waals surface area contributed by atoms with E-state index in [9.17, 15) is 31.5 Å². The van der Waals surface area contributed by atoms with Gasteiger partial charge < -0.3 is 14.2 Å². The first-order chi connectivity index (χ1) is 16.5. The summed E-state index contributed by atoms with van der Waals surface area (Å²) in [6.45, 7) is 3.08. The Kier molecular flexibility index (Phi) is 7.04.